The van der Waals surface area contributed by atoms with Crippen molar-refractivity contribution < 1.29 is 27.1 Å². The van der Waals surface area contributed by atoms with Crippen molar-refractivity contribution in [3.63, 3.8) is 0 Å². The van der Waals surface area contributed by atoms with E-state index in [1.165, 1.54) is 22.7 Å². The lowest BCUT2D eigenvalue weighted by atomic mass is 10.2. The third-order valence-corrected chi connectivity index (χ3v) is 4.86. The van der Waals surface area contributed by atoms with E-state index in [9.17, 15) is 22.4 Å². The fourth-order valence-corrected chi connectivity index (χ4v) is 3.23. The smallest absolute Gasteiger partial charge is 0.428 e. The summed E-state index contributed by atoms with van der Waals surface area (Å²) in [5.41, 5.74) is 6.22. The van der Waals surface area contributed by atoms with Crippen LogP contribution in [-0.2, 0) is 4.79 Å². The highest BCUT2D eigenvalue weighted by molar-refractivity contribution is 5.93. The van der Waals surface area contributed by atoms with Crippen LogP contribution in [-0.4, -0.2) is 44.1 Å². The molecule has 172 valence electrons. The van der Waals surface area contributed by atoms with Crippen LogP contribution in [0.4, 0.5) is 23.5 Å². The number of hydrogen-bond donors (Lipinski definition) is 2. The van der Waals surface area contributed by atoms with Gasteiger partial charge < -0.3 is 15.8 Å². The van der Waals surface area contributed by atoms with Gasteiger partial charge in [-0.3, -0.25) is 4.79 Å². The highest BCUT2D eigenvalue weighted by Crippen LogP contribution is 2.35. The average Bonchev–Trinajstić information content (AvgIpc) is 3.23. The Kier molecular flexibility index (Phi) is 5.75. The molecule has 0 fully saturated rings. The summed E-state index contributed by atoms with van der Waals surface area (Å²) in [7, 11) is 0. The van der Waals surface area contributed by atoms with Crippen LogP contribution in [0.2, 0.25) is 0 Å². The molecule has 33 heavy (non-hydrogen) atoms. The van der Waals surface area contributed by atoms with Gasteiger partial charge >= 0.3 is 12.5 Å². The molecule has 3 N–H and O–H groups in total. The van der Waals surface area contributed by atoms with Gasteiger partial charge in [-0.15, -0.1) is 5.10 Å². The number of carbonyl (C=O) groups excluding carboxylic acids is 1. The molecule has 4 aromatic rings. The molecule has 0 unspecified atom stereocenters. The van der Waals surface area contributed by atoms with Gasteiger partial charge in [-0.1, -0.05) is 31.2 Å². The number of hydrogen-bond acceptors (Lipinski definition) is 6. The summed E-state index contributed by atoms with van der Waals surface area (Å²) in [4.78, 5) is 20.6. The summed E-state index contributed by atoms with van der Waals surface area (Å²) in [6.07, 6.45) is -8.36. The van der Waals surface area contributed by atoms with E-state index in [2.05, 4.69) is 25.1 Å². The number of amides is 1. The van der Waals surface area contributed by atoms with Crippen LogP contribution in [0.1, 0.15) is 13.3 Å². The van der Waals surface area contributed by atoms with Crippen molar-refractivity contribution >= 4 is 28.4 Å². The summed E-state index contributed by atoms with van der Waals surface area (Å²) in [5.74, 6) is -1.05. The van der Waals surface area contributed by atoms with Crippen LogP contribution in [0.25, 0.3) is 27.9 Å². The first-order chi connectivity index (χ1) is 15.7. The maximum atomic E-state index is 13.6. The number of rotatable bonds is 8. The lowest BCUT2D eigenvalue weighted by molar-refractivity contribution is -0.253. The minimum absolute atomic E-state index is 0.0292. The predicted molar refractivity (Wildman–Crippen MR) is 112 cm³/mol. The monoisotopic (exact) mass is 462 g/mol. The first kappa shape index (κ1) is 22.2. The number of aromatic nitrogens is 4. The molecule has 1 amide bonds. The lowest BCUT2D eigenvalue weighted by Gasteiger charge is -2.18. The van der Waals surface area contributed by atoms with Crippen molar-refractivity contribution in [3.8, 4) is 17.1 Å². The Morgan fingerprint density at radius 2 is 1.85 bits per heavy atom. The second kappa shape index (κ2) is 8.52. The van der Waals surface area contributed by atoms with E-state index in [1.807, 2.05) is 0 Å². The van der Waals surface area contributed by atoms with E-state index in [-0.39, 0.29) is 17.3 Å². The topological polar surface area (TPSA) is 107 Å². The van der Waals surface area contributed by atoms with Gasteiger partial charge in [0.25, 0.3) is 0 Å². The third-order valence-electron chi connectivity index (χ3n) is 4.86. The molecule has 1 atom stereocenters. The van der Waals surface area contributed by atoms with Gasteiger partial charge in [0.05, 0.1) is 11.1 Å². The summed E-state index contributed by atoms with van der Waals surface area (Å²) in [6.45, 7) is 1.75. The Bertz CT molecular complexity index is 1330. The van der Waals surface area contributed by atoms with Crippen LogP contribution in [0.5, 0.6) is 5.75 Å². The molecule has 0 radical (unpaired) electrons. The first-order valence-electron chi connectivity index (χ1n) is 9.87. The number of anilines is 1. The number of halogens is 4. The number of nitrogens with zero attached hydrogens (tertiary/aromatic N) is 4. The molecule has 2 aromatic heterocycles. The molecule has 0 aliphatic heterocycles. The fourth-order valence-electron chi connectivity index (χ4n) is 3.23. The quantitative estimate of drug-likeness (QED) is 0.385. The summed E-state index contributed by atoms with van der Waals surface area (Å²) in [5, 5.41) is 7.84. The van der Waals surface area contributed by atoms with Crippen molar-refractivity contribution in [2.45, 2.75) is 31.9 Å². The number of alkyl halides is 4. The van der Waals surface area contributed by atoms with E-state index in [4.69, 9.17) is 5.73 Å². The number of para-hydroxylation sites is 2. The van der Waals surface area contributed by atoms with Crippen LogP contribution in [0.15, 0.2) is 48.5 Å². The molecule has 12 heteroatoms. The van der Waals surface area contributed by atoms with E-state index >= 15 is 0 Å². The molecule has 0 saturated heterocycles. The van der Waals surface area contributed by atoms with Crippen LogP contribution >= 0.6 is 0 Å². The zero-order chi connectivity index (χ0) is 23.8. The number of nitrogens with two attached hydrogens (primary N) is 1. The minimum atomic E-state index is -4.70. The summed E-state index contributed by atoms with van der Waals surface area (Å²) >= 11 is 0. The van der Waals surface area contributed by atoms with E-state index < -0.39 is 30.2 Å². The van der Waals surface area contributed by atoms with Gasteiger partial charge in [-0.25, -0.2) is 9.97 Å². The highest BCUT2D eigenvalue weighted by Gasteiger charge is 2.44. The Labute approximate surface area is 184 Å². The fraction of sp³-hybridized carbons (Fsp3) is 0.238. The number of nitrogens with one attached hydrogen (secondary N) is 1. The largest absolute Gasteiger partial charge is 0.461 e. The Hall–Kier alpha value is -3.96. The minimum Gasteiger partial charge on any atom is -0.428 e. The molecule has 0 aliphatic carbocycles. The number of benzene rings is 2. The molecule has 8 nitrogen and oxygen atoms in total. The molecule has 2 heterocycles. The molecule has 0 aliphatic rings. The van der Waals surface area contributed by atoms with Crippen LogP contribution < -0.4 is 15.8 Å². The lowest BCUT2D eigenvalue weighted by Crippen LogP contribution is -2.35. The van der Waals surface area contributed by atoms with Crippen LogP contribution in [0, 0.1) is 0 Å². The average molecular weight is 462 g/mol. The number of fused-ring (bicyclic) bond motifs is 3. The summed E-state index contributed by atoms with van der Waals surface area (Å²) in [6, 6.07) is 11.6. The maximum absolute atomic E-state index is 13.6. The molecule has 2 aromatic carbocycles. The van der Waals surface area contributed by atoms with Crippen molar-refractivity contribution in [1.29, 1.82) is 0 Å². The van der Waals surface area contributed by atoms with Gasteiger partial charge in [-0.2, -0.15) is 22.1 Å². The van der Waals surface area contributed by atoms with Crippen molar-refractivity contribution in [1.82, 2.24) is 19.6 Å². The third kappa shape index (κ3) is 4.23. The number of primary amides is 1. The zero-order valence-corrected chi connectivity index (χ0v) is 17.2. The van der Waals surface area contributed by atoms with Gasteiger partial charge in [0.15, 0.2) is 11.5 Å². The number of carbonyl (C=O) groups is 1. The molecule has 0 bridgehead atoms. The predicted octanol–water partition coefficient (Wildman–Crippen LogP) is 3.86. The Balaban J connectivity index is 1.89. The van der Waals surface area contributed by atoms with Crippen molar-refractivity contribution in [3.05, 3.63) is 48.5 Å². The second-order valence-corrected chi connectivity index (χ2v) is 7.09. The van der Waals surface area contributed by atoms with Gasteiger partial charge in [-0.05, 0) is 30.7 Å². The highest BCUT2D eigenvalue weighted by atomic mass is 19.3. The standard InChI is InChI=1S/C21H18F4N6O2/c1-2-13(16(26)32)27-20-28-14-9-5-3-7-11(14)18-29-17(30-31(18)20)12-8-4-6-10-15(12)33-21(24,25)19(22)23/h3-10,13,19H,2H2,1H3,(H2,26,32)(H,27,28)/t13-/m0/s1. The van der Waals surface area contributed by atoms with E-state index in [1.54, 1.807) is 31.2 Å². The van der Waals surface area contributed by atoms with E-state index in [0.29, 0.717) is 23.0 Å². The molecule has 0 spiro atoms. The Morgan fingerprint density at radius 1 is 1.15 bits per heavy atom. The summed E-state index contributed by atoms with van der Waals surface area (Å²) < 4.78 is 58.1. The maximum Gasteiger partial charge on any atom is 0.461 e. The normalized spacial score (nSPS) is 12.9. The SMILES string of the molecule is CC[C@H](Nc1nc2ccccc2c2nc(-c3ccccc3OC(F)(F)C(F)F)nn12)C(N)=O. The van der Waals surface area contributed by atoms with Gasteiger partial charge in [0.2, 0.25) is 11.9 Å². The van der Waals surface area contributed by atoms with Gasteiger partial charge in [0, 0.05) is 5.39 Å². The molecule has 0 saturated carbocycles. The Morgan fingerprint density at radius 3 is 2.55 bits per heavy atom. The molecular formula is C21H18F4N6O2. The second-order valence-electron chi connectivity index (χ2n) is 7.09. The van der Waals surface area contributed by atoms with Gasteiger partial charge in [0.1, 0.15) is 11.8 Å². The number of ether oxygens (including phenoxy) is 1. The molecular weight excluding hydrogens is 444 g/mol. The molecule has 4 rings (SSSR count). The van der Waals surface area contributed by atoms with E-state index in [0.717, 1.165) is 6.07 Å². The first-order valence-corrected chi connectivity index (χ1v) is 9.87. The van der Waals surface area contributed by atoms with Crippen molar-refractivity contribution in [2.75, 3.05) is 5.32 Å². The van der Waals surface area contributed by atoms with Crippen molar-refractivity contribution in [2.24, 2.45) is 5.73 Å². The van der Waals surface area contributed by atoms with Crippen LogP contribution in [0.3, 0.4) is 0 Å². The zero-order valence-electron chi connectivity index (χ0n) is 17.2.